The van der Waals surface area contributed by atoms with Crippen molar-refractivity contribution in [2.24, 2.45) is 28.7 Å². The monoisotopic (exact) mass is 793 g/mol. The second-order valence-corrected chi connectivity index (χ2v) is 16.2. The van der Waals surface area contributed by atoms with Gasteiger partial charge in [0, 0.05) is 44.2 Å². The molecule has 3 aliphatic rings. The maximum Gasteiger partial charge on any atom is 0.139 e. The highest BCUT2D eigenvalue weighted by Gasteiger charge is 2.38. The van der Waals surface area contributed by atoms with E-state index in [4.69, 9.17) is 0 Å². The Hall–Kier alpha value is -1.61. The van der Waals surface area contributed by atoms with Crippen molar-refractivity contribution in [2.75, 3.05) is 47.3 Å². The van der Waals surface area contributed by atoms with E-state index in [1.54, 1.807) is 6.92 Å². The van der Waals surface area contributed by atoms with Gasteiger partial charge in [-0.25, -0.2) is 0 Å². The first-order chi connectivity index (χ1) is 21.4. The molecule has 1 fully saturated rings. The molecule has 5 rings (SSSR count). The van der Waals surface area contributed by atoms with Crippen LogP contribution in [-0.2, 0) is 22.4 Å². The minimum absolute atomic E-state index is 0. The fourth-order valence-electron chi connectivity index (χ4n) is 7.20. The SMILES string of the molecule is CC(=O)C(CC(C)C)C[N+](C)(C)C.Cc1cc2c(cc1C)CCN=C2.Cc1cc2c(cc1C)[C@@H]1CC(=O)[C@@H](CC(C)C)CN1CC2.Cl.[I-]. The number of aryl methyl sites for hydroxylation is 4. The van der Waals surface area contributed by atoms with Crippen LogP contribution >= 0.6 is 12.4 Å². The zero-order valence-corrected chi connectivity index (χ0v) is 35.1. The van der Waals surface area contributed by atoms with Gasteiger partial charge in [0.15, 0.2) is 0 Å². The maximum absolute atomic E-state index is 12.5. The lowest BCUT2D eigenvalue weighted by atomic mass is 9.79. The van der Waals surface area contributed by atoms with Crippen LogP contribution in [0.25, 0.3) is 0 Å². The van der Waals surface area contributed by atoms with Crippen molar-refractivity contribution in [1.29, 1.82) is 0 Å². The molecule has 0 radical (unpaired) electrons. The number of carbonyl (C=O) groups is 2. The molecule has 48 heavy (non-hydrogen) atoms. The molecular weight excluding hydrogens is 729 g/mol. The zero-order chi connectivity index (χ0) is 34.3. The molecule has 1 saturated heterocycles. The Balaban J connectivity index is 0.000000373. The van der Waals surface area contributed by atoms with Crippen LogP contribution in [0.5, 0.6) is 0 Å². The van der Waals surface area contributed by atoms with Gasteiger partial charge in [-0.3, -0.25) is 19.5 Å². The summed E-state index contributed by atoms with van der Waals surface area (Å²) in [5.74, 6) is 2.53. The first-order valence-corrected chi connectivity index (χ1v) is 17.7. The highest BCUT2D eigenvalue weighted by atomic mass is 127. The van der Waals surface area contributed by atoms with Crippen molar-refractivity contribution < 1.29 is 38.0 Å². The Morgan fingerprint density at radius 3 is 2.04 bits per heavy atom. The average molecular weight is 794 g/mol. The average Bonchev–Trinajstić information content (AvgIpc) is 2.94. The summed E-state index contributed by atoms with van der Waals surface area (Å²) in [6, 6.07) is 9.52. The summed E-state index contributed by atoms with van der Waals surface area (Å²) in [5, 5.41) is 0. The van der Waals surface area contributed by atoms with E-state index in [1.165, 1.54) is 44.5 Å². The minimum Gasteiger partial charge on any atom is -1.00 e. The predicted molar refractivity (Wildman–Crippen MR) is 202 cm³/mol. The third-order valence-electron chi connectivity index (χ3n) is 9.88. The number of aliphatic imine (C=N–C) groups is 1. The molecule has 3 atom stereocenters. The molecule has 2 aromatic rings. The van der Waals surface area contributed by atoms with Crippen molar-refractivity contribution in [3.8, 4) is 0 Å². The normalized spacial score (nSPS) is 18.9. The molecule has 7 heteroatoms. The second-order valence-electron chi connectivity index (χ2n) is 16.2. The van der Waals surface area contributed by atoms with E-state index >= 15 is 0 Å². The minimum atomic E-state index is 0. The van der Waals surface area contributed by atoms with E-state index in [1.807, 2.05) is 6.21 Å². The van der Waals surface area contributed by atoms with Gasteiger partial charge in [-0.05, 0) is 123 Å². The maximum atomic E-state index is 12.5. The van der Waals surface area contributed by atoms with Crippen molar-refractivity contribution in [2.45, 2.75) is 100 Å². The third kappa shape index (κ3) is 13.3. The smallest absolute Gasteiger partial charge is 0.139 e. The summed E-state index contributed by atoms with van der Waals surface area (Å²) in [7, 11) is 6.41. The van der Waals surface area contributed by atoms with Crippen molar-refractivity contribution in [1.82, 2.24) is 4.90 Å². The molecule has 0 spiro atoms. The number of fused-ring (bicyclic) bond motifs is 4. The molecule has 2 aromatic carbocycles. The Bertz CT molecular complexity index is 1400. The number of rotatable bonds is 7. The number of hydrogen-bond donors (Lipinski definition) is 0. The van der Waals surface area contributed by atoms with Gasteiger partial charge >= 0.3 is 0 Å². The zero-order valence-electron chi connectivity index (χ0n) is 32.1. The highest BCUT2D eigenvalue weighted by molar-refractivity contribution is 5.85. The summed E-state index contributed by atoms with van der Waals surface area (Å²) in [6.45, 7) is 23.2. The van der Waals surface area contributed by atoms with Crippen LogP contribution in [0.15, 0.2) is 29.3 Å². The molecule has 0 saturated carbocycles. The van der Waals surface area contributed by atoms with Gasteiger partial charge in [0.05, 0.1) is 33.6 Å². The van der Waals surface area contributed by atoms with Gasteiger partial charge in [0.2, 0.25) is 0 Å². The third-order valence-corrected chi connectivity index (χ3v) is 9.88. The Morgan fingerprint density at radius 2 is 1.48 bits per heavy atom. The van der Waals surface area contributed by atoms with Gasteiger partial charge in [0.1, 0.15) is 11.6 Å². The summed E-state index contributed by atoms with van der Waals surface area (Å²) in [6.07, 6.45) is 7.01. The van der Waals surface area contributed by atoms with Crippen molar-refractivity contribution in [3.05, 3.63) is 68.8 Å². The number of ketones is 2. The number of benzene rings is 2. The van der Waals surface area contributed by atoms with Crippen LogP contribution in [0, 0.1) is 51.4 Å². The molecular formula is C41H65ClIN3O2. The number of nitrogens with zero attached hydrogens (tertiary/aromatic N) is 3. The quantitative estimate of drug-likeness (QED) is 0.276. The van der Waals surface area contributed by atoms with Gasteiger partial charge in [-0.15, -0.1) is 12.4 Å². The van der Waals surface area contributed by atoms with Gasteiger partial charge in [-0.2, -0.15) is 0 Å². The topological polar surface area (TPSA) is 49.7 Å². The molecule has 0 amide bonds. The molecule has 3 aliphatic heterocycles. The number of piperidine rings is 1. The summed E-state index contributed by atoms with van der Waals surface area (Å²) >= 11 is 0. The van der Waals surface area contributed by atoms with Crippen molar-refractivity contribution in [3.63, 3.8) is 0 Å². The summed E-state index contributed by atoms with van der Waals surface area (Å²) in [4.78, 5) is 30.7. The number of Topliss-reactive ketones (excluding diaryl/α,β-unsaturated/α-hetero) is 2. The first-order valence-electron chi connectivity index (χ1n) is 17.7. The number of quaternary nitrogens is 1. The second kappa shape index (κ2) is 19.7. The lowest BCUT2D eigenvalue weighted by molar-refractivity contribution is -0.872. The standard InChI is InChI=1S/C19H27NO.C11H24NO.C11H13N.ClH.HI/c1-12(2)7-16-11-20-6-5-15-8-13(3)14(4)9-17(15)18(20)10-19(16)21;1-9(2)7-11(10(3)13)8-12(4,5)6;1-8-5-10-3-4-12-7-11(10)6-9(8)2;;/h8-9,12,16,18H,5-7,10-11H2,1-4H3;9,11H,7-8H2,1-6H3;5-7H,3-4H2,1-2H3;2*1H/q;+1;;;/p-1/t16-,18-;;;;/m0..../s1. The molecule has 0 aromatic heterocycles. The fraction of sp³-hybridized carbons (Fsp3) is 0.634. The largest absolute Gasteiger partial charge is 1.00 e. The van der Waals surface area contributed by atoms with Gasteiger partial charge in [0.25, 0.3) is 0 Å². The Kier molecular flexibility index (Phi) is 18.2. The van der Waals surface area contributed by atoms with E-state index in [-0.39, 0.29) is 48.2 Å². The molecule has 0 aliphatic carbocycles. The summed E-state index contributed by atoms with van der Waals surface area (Å²) in [5.41, 5.74) is 11.1. The van der Waals surface area contributed by atoms with E-state index in [0.29, 0.717) is 35.9 Å². The first kappa shape index (κ1) is 44.4. The van der Waals surface area contributed by atoms with Crippen LogP contribution in [0.4, 0.5) is 0 Å². The van der Waals surface area contributed by atoms with Crippen LogP contribution in [0.1, 0.15) is 104 Å². The summed E-state index contributed by atoms with van der Waals surface area (Å²) < 4.78 is 0.872. The van der Waals surface area contributed by atoms with E-state index < -0.39 is 0 Å². The van der Waals surface area contributed by atoms with Gasteiger partial charge in [-0.1, -0.05) is 45.9 Å². The Labute approximate surface area is 316 Å². The van der Waals surface area contributed by atoms with E-state index in [2.05, 4.69) is 111 Å². The number of halogens is 2. The lowest BCUT2D eigenvalue weighted by Crippen LogP contribution is -3.00. The van der Waals surface area contributed by atoms with Crippen LogP contribution < -0.4 is 24.0 Å². The highest BCUT2D eigenvalue weighted by Crippen LogP contribution is 2.39. The Morgan fingerprint density at radius 1 is 0.896 bits per heavy atom. The van der Waals surface area contributed by atoms with Crippen molar-refractivity contribution >= 4 is 30.2 Å². The molecule has 0 N–H and O–H groups in total. The van der Waals surface area contributed by atoms with Crippen LogP contribution in [0.2, 0.25) is 0 Å². The fourth-order valence-corrected chi connectivity index (χ4v) is 7.20. The van der Waals surface area contributed by atoms with Crippen LogP contribution in [0.3, 0.4) is 0 Å². The molecule has 5 nitrogen and oxygen atoms in total. The van der Waals surface area contributed by atoms with E-state index in [9.17, 15) is 9.59 Å². The predicted octanol–water partition coefficient (Wildman–Crippen LogP) is 5.49. The molecule has 270 valence electrons. The van der Waals surface area contributed by atoms with E-state index in [0.717, 1.165) is 56.3 Å². The number of carbonyl (C=O) groups excluding carboxylic acids is 2. The molecule has 3 heterocycles. The molecule has 0 bridgehead atoms. The lowest BCUT2D eigenvalue weighted by Gasteiger charge is -2.43. The van der Waals surface area contributed by atoms with Crippen LogP contribution in [-0.4, -0.2) is 74.5 Å². The number of hydrogen-bond acceptors (Lipinski definition) is 4. The van der Waals surface area contributed by atoms with Gasteiger partial charge < -0.3 is 28.5 Å². The molecule has 1 unspecified atom stereocenters.